The maximum Gasteiger partial charge on any atom is 0.299 e. The van der Waals surface area contributed by atoms with Crippen LogP contribution in [0.25, 0.3) is 0 Å². The summed E-state index contributed by atoms with van der Waals surface area (Å²) in [5.41, 5.74) is 8.04. The molecule has 2 aliphatic heterocycles. The number of anilines is 1. The Morgan fingerprint density at radius 2 is 2.00 bits per heavy atom. The molecule has 0 bridgehead atoms. The normalized spacial score (nSPS) is 18.4. The minimum absolute atomic E-state index is 0.0699. The first-order valence-corrected chi connectivity index (χ1v) is 12.2. The van der Waals surface area contributed by atoms with Gasteiger partial charge in [0.15, 0.2) is 11.5 Å². The average Bonchev–Trinajstić information content (AvgIpc) is 2.86. The van der Waals surface area contributed by atoms with Crippen molar-refractivity contribution in [3.63, 3.8) is 0 Å². The number of amidine groups is 1. The second-order valence-electron chi connectivity index (χ2n) is 7.88. The predicted octanol–water partition coefficient (Wildman–Crippen LogP) is 4.86. The molecule has 7 nitrogen and oxygen atoms in total. The summed E-state index contributed by atoms with van der Waals surface area (Å²) in [6.07, 6.45) is 2.88. The number of rotatable bonds is 6. The molecule has 174 valence electrons. The van der Waals surface area contributed by atoms with Gasteiger partial charge in [0, 0.05) is 24.3 Å². The van der Waals surface area contributed by atoms with Crippen molar-refractivity contribution in [2.75, 3.05) is 32.2 Å². The zero-order valence-electron chi connectivity index (χ0n) is 19.6. The molecule has 0 spiro atoms. The van der Waals surface area contributed by atoms with Crippen molar-refractivity contribution in [3.8, 4) is 11.5 Å². The van der Waals surface area contributed by atoms with E-state index >= 15 is 0 Å². The summed E-state index contributed by atoms with van der Waals surface area (Å²) in [6.45, 7) is 5.71. The fourth-order valence-corrected chi connectivity index (χ4v) is 5.17. The third-order valence-electron chi connectivity index (χ3n) is 5.89. The number of hydrogen-bond acceptors (Lipinski definition) is 6. The Morgan fingerprint density at radius 1 is 1.18 bits per heavy atom. The number of ether oxygens (including phenoxy) is 2. The van der Waals surface area contributed by atoms with Crippen LogP contribution in [0.4, 0.5) is 10.5 Å². The van der Waals surface area contributed by atoms with Gasteiger partial charge in [-0.05, 0) is 67.6 Å². The summed E-state index contributed by atoms with van der Waals surface area (Å²) >= 11 is 1.31. The highest BCUT2D eigenvalue weighted by Gasteiger charge is 2.28. The number of benzene rings is 2. The largest absolute Gasteiger partial charge is 0.493 e. The van der Waals surface area contributed by atoms with Crippen LogP contribution in [0.3, 0.4) is 0 Å². The first-order valence-electron chi connectivity index (χ1n) is 11.3. The highest BCUT2D eigenvalue weighted by molar-refractivity contribution is 8.14. The van der Waals surface area contributed by atoms with Crippen LogP contribution in [0, 0.1) is 0 Å². The Balaban J connectivity index is 1.71. The number of aryl methyl sites for hydroxylation is 1. The molecule has 0 saturated carbocycles. The highest BCUT2D eigenvalue weighted by Crippen LogP contribution is 2.34. The molecule has 0 aliphatic carbocycles. The molecule has 1 N–H and O–H groups in total. The van der Waals surface area contributed by atoms with Crippen molar-refractivity contribution in [1.29, 1.82) is 0 Å². The van der Waals surface area contributed by atoms with Gasteiger partial charge in [-0.15, -0.1) is 0 Å². The van der Waals surface area contributed by atoms with Gasteiger partial charge < -0.3 is 14.4 Å². The van der Waals surface area contributed by atoms with E-state index in [1.165, 1.54) is 17.3 Å². The number of aliphatic imine (C=N–C) groups is 1. The number of fused-ring (bicyclic) bond motifs is 1. The van der Waals surface area contributed by atoms with E-state index in [1.54, 1.807) is 14.2 Å². The topological polar surface area (TPSA) is 75.5 Å². The lowest BCUT2D eigenvalue weighted by Crippen LogP contribution is -2.37. The van der Waals surface area contributed by atoms with Gasteiger partial charge in [0.2, 0.25) is 0 Å². The molecule has 0 radical (unpaired) electrons. The van der Waals surface area contributed by atoms with Crippen LogP contribution >= 0.6 is 11.8 Å². The van der Waals surface area contributed by atoms with E-state index in [4.69, 9.17) is 14.5 Å². The van der Waals surface area contributed by atoms with Crippen LogP contribution in [0.1, 0.15) is 43.4 Å². The summed E-state index contributed by atoms with van der Waals surface area (Å²) in [5.74, 6) is 2.31. The Bertz CT molecular complexity index is 1100. The quantitative estimate of drug-likeness (QED) is 0.486. The molecule has 2 heterocycles. The van der Waals surface area contributed by atoms with E-state index in [-0.39, 0.29) is 10.5 Å². The van der Waals surface area contributed by atoms with Gasteiger partial charge in [-0.2, -0.15) is 5.10 Å². The molecule has 0 fully saturated rings. The summed E-state index contributed by atoms with van der Waals surface area (Å²) in [6, 6.07) is 12.4. The predicted molar refractivity (Wildman–Crippen MR) is 135 cm³/mol. The lowest BCUT2D eigenvalue weighted by molar-refractivity contribution is 0.260. The van der Waals surface area contributed by atoms with E-state index in [9.17, 15) is 4.79 Å². The zero-order valence-corrected chi connectivity index (χ0v) is 20.4. The minimum Gasteiger partial charge on any atom is -0.493 e. The number of hydrazone groups is 1. The van der Waals surface area contributed by atoms with Crippen LogP contribution in [-0.2, 0) is 6.42 Å². The Kier molecular flexibility index (Phi) is 7.23. The van der Waals surface area contributed by atoms with Gasteiger partial charge >= 0.3 is 0 Å². The minimum atomic E-state index is -0.0925. The molecule has 33 heavy (non-hydrogen) atoms. The first-order chi connectivity index (χ1) is 16.1. The van der Waals surface area contributed by atoms with Crippen molar-refractivity contribution < 1.29 is 14.3 Å². The maximum absolute atomic E-state index is 11.8. The van der Waals surface area contributed by atoms with E-state index in [0.29, 0.717) is 18.0 Å². The van der Waals surface area contributed by atoms with Crippen molar-refractivity contribution in [2.24, 2.45) is 10.1 Å². The second-order valence-corrected chi connectivity index (χ2v) is 9.05. The number of thioether (sulfide) groups is 1. The van der Waals surface area contributed by atoms with Gasteiger partial charge in [-0.3, -0.25) is 9.79 Å². The number of nitrogens with zero attached hydrogens (tertiary/aromatic N) is 3. The standard InChI is InChI=1S/C25H30N4O3S/c1-5-22-23(27-28-25(30)33-22)17-9-11-19-16(14-17)8-7-13-29(19)24(26-6-2)18-10-12-20(31-3)21(15-18)32-4/h9-12,14-15,22H,5-8,13H2,1-4H3,(H,28,30)/b26-24-. The van der Waals surface area contributed by atoms with Crippen LogP contribution in [0.5, 0.6) is 11.5 Å². The van der Waals surface area contributed by atoms with Crippen molar-refractivity contribution in [3.05, 3.63) is 53.1 Å². The van der Waals surface area contributed by atoms with Crippen LogP contribution < -0.4 is 19.8 Å². The third kappa shape index (κ3) is 4.71. The Hall–Kier alpha value is -3.00. The monoisotopic (exact) mass is 466 g/mol. The zero-order chi connectivity index (χ0) is 23.4. The summed E-state index contributed by atoms with van der Waals surface area (Å²) in [5, 5.41) is 4.36. The molecular formula is C25H30N4O3S. The summed E-state index contributed by atoms with van der Waals surface area (Å²) in [7, 11) is 3.29. The van der Waals surface area contributed by atoms with Gasteiger partial charge in [-0.25, -0.2) is 5.43 Å². The third-order valence-corrected chi connectivity index (χ3v) is 7.04. The molecule has 1 unspecified atom stereocenters. The first kappa shape index (κ1) is 23.2. The summed E-state index contributed by atoms with van der Waals surface area (Å²) in [4.78, 5) is 18.9. The average molecular weight is 467 g/mol. The van der Waals surface area contributed by atoms with Crippen molar-refractivity contribution >= 4 is 34.2 Å². The van der Waals surface area contributed by atoms with Crippen LogP contribution in [-0.4, -0.2) is 49.3 Å². The van der Waals surface area contributed by atoms with Gasteiger partial charge in [0.25, 0.3) is 5.24 Å². The van der Waals surface area contributed by atoms with E-state index in [2.05, 4.69) is 40.5 Å². The number of amides is 1. The summed E-state index contributed by atoms with van der Waals surface area (Å²) < 4.78 is 10.9. The molecule has 2 aromatic carbocycles. The number of carbonyl (C=O) groups is 1. The molecule has 1 atom stereocenters. The fraction of sp³-hybridized carbons (Fsp3) is 0.400. The highest BCUT2D eigenvalue weighted by atomic mass is 32.2. The van der Waals surface area contributed by atoms with E-state index in [1.807, 2.05) is 25.1 Å². The fourth-order valence-electron chi connectivity index (χ4n) is 4.35. The van der Waals surface area contributed by atoms with Gasteiger partial charge in [0.05, 0.1) is 25.2 Å². The lowest BCUT2D eigenvalue weighted by atomic mass is 9.95. The number of methoxy groups -OCH3 is 2. The SMILES string of the molecule is CC/N=C(/c1ccc(OC)c(OC)c1)N1CCCc2cc(C3=NNC(=O)SC3CC)ccc21. The lowest BCUT2D eigenvalue weighted by Gasteiger charge is -2.33. The molecular weight excluding hydrogens is 436 g/mol. The molecule has 2 aromatic rings. The van der Waals surface area contributed by atoms with E-state index < -0.39 is 0 Å². The Labute approximate surface area is 199 Å². The van der Waals surface area contributed by atoms with Crippen LogP contribution in [0.2, 0.25) is 0 Å². The van der Waals surface area contributed by atoms with Gasteiger partial charge in [-0.1, -0.05) is 24.8 Å². The molecule has 2 aliphatic rings. The Morgan fingerprint density at radius 3 is 2.73 bits per heavy atom. The molecule has 0 aromatic heterocycles. The molecule has 4 rings (SSSR count). The molecule has 8 heteroatoms. The molecule has 1 amide bonds. The number of carbonyl (C=O) groups excluding carboxylic acids is 1. The van der Waals surface area contributed by atoms with Crippen molar-refractivity contribution in [2.45, 2.75) is 38.4 Å². The molecule has 0 saturated heterocycles. The number of hydrogen-bond donors (Lipinski definition) is 1. The smallest absolute Gasteiger partial charge is 0.299 e. The van der Waals surface area contributed by atoms with Crippen molar-refractivity contribution in [1.82, 2.24) is 5.43 Å². The van der Waals surface area contributed by atoms with Crippen LogP contribution in [0.15, 0.2) is 46.5 Å². The maximum atomic E-state index is 11.8. The second kappa shape index (κ2) is 10.3. The van der Waals surface area contributed by atoms with E-state index in [0.717, 1.165) is 54.2 Å². The van der Waals surface area contributed by atoms with Gasteiger partial charge in [0.1, 0.15) is 5.84 Å². The number of nitrogens with one attached hydrogen (secondary N) is 1.